The monoisotopic (exact) mass is 268 g/mol. The highest BCUT2D eigenvalue weighted by atomic mass is 16.4. The fourth-order valence-electron chi connectivity index (χ4n) is 3.10. The van der Waals surface area contributed by atoms with Crippen LogP contribution in [-0.2, 0) is 9.59 Å². The molecule has 0 radical (unpaired) electrons. The Morgan fingerprint density at radius 3 is 2.58 bits per heavy atom. The minimum atomic E-state index is -0.957. The summed E-state index contributed by atoms with van der Waals surface area (Å²) in [6.07, 6.45) is 5.60. The summed E-state index contributed by atoms with van der Waals surface area (Å²) in [5, 5.41) is 8.97. The van der Waals surface area contributed by atoms with E-state index in [0.29, 0.717) is 31.2 Å². The van der Waals surface area contributed by atoms with Crippen molar-refractivity contribution in [2.24, 2.45) is 17.6 Å². The van der Waals surface area contributed by atoms with Crippen LogP contribution in [0.3, 0.4) is 0 Å². The minimum Gasteiger partial charge on any atom is -0.480 e. The number of aliphatic carboxylic acids is 1. The van der Waals surface area contributed by atoms with E-state index in [9.17, 15) is 9.59 Å². The summed E-state index contributed by atoms with van der Waals surface area (Å²) < 4.78 is 0. The van der Waals surface area contributed by atoms with E-state index in [0.717, 1.165) is 25.7 Å². The molecule has 3 N–H and O–H groups in total. The number of amides is 1. The Morgan fingerprint density at radius 1 is 1.37 bits per heavy atom. The molecule has 0 aromatic rings. The Labute approximate surface area is 114 Å². The topological polar surface area (TPSA) is 83.6 Å². The Morgan fingerprint density at radius 2 is 2.05 bits per heavy atom. The van der Waals surface area contributed by atoms with Gasteiger partial charge in [-0.3, -0.25) is 9.59 Å². The third-order valence-electron chi connectivity index (χ3n) is 4.25. The van der Waals surface area contributed by atoms with E-state index in [-0.39, 0.29) is 12.5 Å². The zero-order valence-corrected chi connectivity index (χ0v) is 11.6. The van der Waals surface area contributed by atoms with E-state index >= 15 is 0 Å². The predicted molar refractivity (Wildman–Crippen MR) is 71.5 cm³/mol. The van der Waals surface area contributed by atoms with Gasteiger partial charge in [0.05, 0.1) is 5.54 Å². The summed E-state index contributed by atoms with van der Waals surface area (Å²) >= 11 is 0. The molecule has 2 rings (SSSR count). The first-order chi connectivity index (χ1) is 8.90. The van der Waals surface area contributed by atoms with E-state index < -0.39 is 11.5 Å². The zero-order chi connectivity index (χ0) is 14.0. The van der Waals surface area contributed by atoms with Crippen molar-refractivity contribution < 1.29 is 14.7 Å². The number of nitrogens with two attached hydrogens (primary N) is 1. The summed E-state index contributed by atoms with van der Waals surface area (Å²) in [7, 11) is 0. The Hall–Kier alpha value is -1.10. The number of carbonyl (C=O) groups is 2. The second-order valence-electron chi connectivity index (χ2n) is 6.38. The molecule has 2 aliphatic carbocycles. The van der Waals surface area contributed by atoms with Crippen molar-refractivity contribution in [1.82, 2.24) is 4.90 Å². The molecule has 5 nitrogen and oxygen atoms in total. The van der Waals surface area contributed by atoms with Crippen LogP contribution in [0.25, 0.3) is 0 Å². The largest absolute Gasteiger partial charge is 0.480 e. The van der Waals surface area contributed by atoms with E-state index in [1.165, 1.54) is 4.90 Å². The van der Waals surface area contributed by atoms with Gasteiger partial charge in [0.15, 0.2) is 0 Å². The third kappa shape index (κ3) is 3.69. The Bertz CT molecular complexity index is 368. The second-order valence-corrected chi connectivity index (χ2v) is 6.38. The second kappa shape index (κ2) is 5.49. The van der Waals surface area contributed by atoms with E-state index in [1.54, 1.807) is 0 Å². The lowest BCUT2D eigenvalue weighted by molar-refractivity contribution is -0.148. The highest BCUT2D eigenvalue weighted by Crippen LogP contribution is 2.34. The summed E-state index contributed by atoms with van der Waals surface area (Å²) in [4.78, 5) is 25.0. The molecule has 0 heterocycles. The van der Waals surface area contributed by atoms with Gasteiger partial charge in [0, 0.05) is 6.54 Å². The fraction of sp³-hybridized carbons (Fsp3) is 0.857. The van der Waals surface area contributed by atoms with Crippen LogP contribution in [0.5, 0.6) is 0 Å². The number of carbonyl (C=O) groups excluding carboxylic acids is 1. The molecule has 2 fully saturated rings. The molecule has 19 heavy (non-hydrogen) atoms. The van der Waals surface area contributed by atoms with E-state index in [4.69, 9.17) is 10.8 Å². The Balaban J connectivity index is 2.05. The van der Waals surface area contributed by atoms with Crippen LogP contribution < -0.4 is 5.73 Å². The highest BCUT2D eigenvalue weighted by molar-refractivity contribution is 5.89. The van der Waals surface area contributed by atoms with E-state index in [2.05, 4.69) is 6.92 Å². The molecule has 2 unspecified atom stereocenters. The van der Waals surface area contributed by atoms with Gasteiger partial charge in [-0.2, -0.15) is 0 Å². The van der Waals surface area contributed by atoms with Crippen molar-refractivity contribution in [3.63, 3.8) is 0 Å². The molecule has 0 aromatic carbocycles. The normalized spacial score (nSPS) is 30.9. The van der Waals surface area contributed by atoms with Crippen molar-refractivity contribution in [2.45, 2.75) is 51.0 Å². The Kier molecular flexibility index (Phi) is 4.13. The fourth-order valence-corrected chi connectivity index (χ4v) is 3.10. The number of nitrogens with zero attached hydrogens (tertiary/aromatic N) is 1. The van der Waals surface area contributed by atoms with Gasteiger partial charge in [0.2, 0.25) is 5.91 Å². The first-order valence-corrected chi connectivity index (χ1v) is 7.21. The molecule has 2 saturated carbocycles. The number of hydrogen-bond acceptors (Lipinski definition) is 3. The number of carboxylic acid groups (broad SMARTS) is 1. The average molecular weight is 268 g/mol. The molecule has 0 aliphatic heterocycles. The number of carboxylic acids is 1. The smallest absolute Gasteiger partial charge is 0.323 e. The molecule has 1 amide bonds. The van der Waals surface area contributed by atoms with Crippen molar-refractivity contribution in [3.8, 4) is 0 Å². The van der Waals surface area contributed by atoms with Gasteiger partial charge in [-0.15, -0.1) is 0 Å². The first-order valence-electron chi connectivity index (χ1n) is 7.21. The molecular weight excluding hydrogens is 244 g/mol. The number of hydrogen-bond donors (Lipinski definition) is 2. The summed E-state index contributed by atoms with van der Waals surface area (Å²) in [6.45, 7) is 2.44. The van der Waals surface area contributed by atoms with Crippen molar-refractivity contribution >= 4 is 11.9 Å². The van der Waals surface area contributed by atoms with Gasteiger partial charge in [-0.1, -0.05) is 19.8 Å². The summed E-state index contributed by atoms with van der Waals surface area (Å²) in [6, 6.07) is 0. The maximum Gasteiger partial charge on any atom is 0.323 e. The van der Waals surface area contributed by atoms with Crippen LogP contribution in [0.15, 0.2) is 0 Å². The van der Waals surface area contributed by atoms with Crippen molar-refractivity contribution in [1.29, 1.82) is 0 Å². The van der Waals surface area contributed by atoms with Gasteiger partial charge in [0.25, 0.3) is 0 Å². The van der Waals surface area contributed by atoms with Gasteiger partial charge in [0.1, 0.15) is 6.54 Å². The lowest BCUT2D eigenvalue weighted by Crippen LogP contribution is -2.58. The first kappa shape index (κ1) is 14.3. The maximum absolute atomic E-state index is 12.6. The van der Waals surface area contributed by atoms with Crippen molar-refractivity contribution in [3.05, 3.63) is 0 Å². The van der Waals surface area contributed by atoms with Crippen LogP contribution in [0.2, 0.25) is 0 Å². The molecule has 2 atom stereocenters. The summed E-state index contributed by atoms with van der Waals surface area (Å²) in [5.41, 5.74) is 5.44. The minimum absolute atomic E-state index is 0.159. The maximum atomic E-state index is 12.6. The van der Waals surface area contributed by atoms with Gasteiger partial charge in [-0.05, 0) is 37.5 Å². The van der Waals surface area contributed by atoms with Crippen LogP contribution >= 0.6 is 0 Å². The van der Waals surface area contributed by atoms with Crippen LogP contribution in [0.1, 0.15) is 45.4 Å². The molecule has 2 aliphatic rings. The third-order valence-corrected chi connectivity index (χ3v) is 4.25. The highest BCUT2D eigenvalue weighted by Gasteiger charge is 2.42. The van der Waals surface area contributed by atoms with Crippen LogP contribution in [0.4, 0.5) is 0 Å². The zero-order valence-electron chi connectivity index (χ0n) is 11.6. The summed E-state index contributed by atoms with van der Waals surface area (Å²) in [5.74, 6) is -0.196. The van der Waals surface area contributed by atoms with Crippen molar-refractivity contribution in [2.75, 3.05) is 13.1 Å². The lowest BCUT2D eigenvalue weighted by atomic mass is 9.76. The molecule has 108 valence electrons. The lowest BCUT2D eigenvalue weighted by Gasteiger charge is -2.38. The molecule has 0 spiro atoms. The standard InChI is InChI=1S/C14H24N2O3/c1-10-3-2-6-14(15,7-10)13(19)16(9-12(17)18)8-11-4-5-11/h10-11H,2-9,15H2,1H3,(H,17,18). The molecule has 0 bridgehead atoms. The average Bonchev–Trinajstić information content (AvgIpc) is 3.10. The van der Waals surface area contributed by atoms with Crippen LogP contribution in [-0.4, -0.2) is 40.5 Å². The van der Waals surface area contributed by atoms with E-state index in [1.807, 2.05) is 0 Å². The number of rotatable bonds is 5. The SMILES string of the molecule is CC1CCCC(N)(C(=O)N(CC(=O)O)CC2CC2)C1. The van der Waals surface area contributed by atoms with Gasteiger partial charge >= 0.3 is 5.97 Å². The quantitative estimate of drug-likeness (QED) is 0.785. The molecule has 0 aromatic heterocycles. The van der Waals surface area contributed by atoms with Gasteiger partial charge < -0.3 is 15.7 Å². The van der Waals surface area contributed by atoms with Crippen LogP contribution in [0, 0.1) is 11.8 Å². The predicted octanol–water partition coefficient (Wildman–Crippen LogP) is 1.22. The van der Waals surface area contributed by atoms with Gasteiger partial charge in [-0.25, -0.2) is 0 Å². The molecule has 5 heteroatoms. The molecule has 0 saturated heterocycles. The molecular formula is C14H24N2O3.